The van der Waals surface area contributed by atoms with E-state index in [9.17, 15) is 14.7 Å². The molecule has 6 nitrogen and oxygen atoms in total. The van der Waals surface area contributed by atoms with Crippen molar-refractivity contribution in [2.24, 2.45) is 0 Å². The van der Waals surface area contributed by atoms with E-state index in [-0.39, 0.29) is 17.1 Å². The largest absolute Gasteiger partial charge is 0.513 e. The molecule has 1 unspecified atom stereocenters. The van der Waals surface area contributed by atoms with E-state index in [4.69, 9.17) is 4.74 Å². The van der Waals surface area contributed by atoms with E-state index in [2.05, 4.69) is 41.7 Å². The van der Waals surface area contributed by atoms with Gasteiger partial charge in [0.25, 0.3) is 0 Å². The van der Waals surface area contributed by atoms with Crippen LogP contribution in [0.25, 0.3) is 0 Å². The third kappa shape index (κ3) is 6.53. The zero-order valence-corrected chi connectivity index (χ0v) is 24.7. The lowest BCUT2D eigenvalue weighted by atomic mass is 9.84. The van der Waals surface area contributed by atoms with Gasteiger partial charge in [0.05, 0.1) is 23.4 Å². The SMILES string of the molecule is C[C@@H]1CCC[N+]1(C[C@H](CSC(c1ccccc1)(c1ccccc1)c1ccccc1)NC(=O)OC(C)(C)C)C(=O)O. The highest BCUT2D eigenvalue weighted by Gasteiger charge is 2.48. The molecule has 3 atom stereocenters. The number of hydrogen-bond donors (Lipinski definition) is 2. The van der Waals surface area contributed by atoms with Crippen LogP contribution in [-0.4, -0.2) is 58.3 Å². The van der Waals surface area contributed by atoms with Crippen LogP contribution in [0.3, 0.4) is 0 Å². The summed E-state index contributed by atoms with van der Waals surface area (Å²) in [5, 5.41) is 13.5. The molecule has 2 amide bonds. The van der Waals surface area contributed by atoms with Crippen molar-refractivity contribution in [1.29, 1.82) is 0 Å². The van der Waals surface area contributed by atoms with Crippen molar-refractivity contribution in [3.63, 3.8) is 0 Å². The Kier molecular flexibility index (Phi) is 9.26. The standard InChI is InChI=1S/C33H40N2O4S/c1-25-15-14-22-35(25,31(37)38)23-29(34-30(36)39-32(2,3)4)24-40-33(26-16-8-5-9-17-26,27-18-10-6-11-19-27)28-20-12-7-13-21-28/h5-13,16-21,25,29H,14-15,22-24H2,1-4H3,(H-,34,36,37,38)/p+1/t25-,29-,35?/m1/s1. The minimum absolute atomic E-state index is 0.0347. The molecule has 0 aliphatic carbocycles. The molecular formula is C33H41N2O4S+. The second-order valence-electron chi connectivity index (χ2n) is 11.6. The summed E-state index contributed by atoms with van der Waals surface area (Å²) in [4.78, 5) is 25.7. The molecule has 0 bridgehead atoms. The first kappa shape index (κ1) is 29.7. The third-order valence-electron chi connectivity index (χ3n) is 7.71. The Bertz CT molecular complexity index is 1170. The lowest BCUT2D eigenvalue weighted by Gasteiger charge is -2.39. The molecule has 0 saturated carbocycles. The Balaban J connectivity index is 1.77. The number of likely N-dealkylation sites (tertiary alicyclic amines) is 1. The van der Waals surface area contributed by atoms with Crippen molar-refractivity contribution < 1.29 is 23.9 Å². The van der Waals surface area contributed by atoms with Crippen LogP contribution in [0.5, 0.6) is 0 Å². The number of thioether (sulfide) groups is 1. The van der Waals surface area contributed by atoms with Crippen LogP contribution >= 0.6 is 11.8 Å². The quantitative estimate of drug-likeness (QED) is 0.212. The van der Waals surface area contributed by atoms with Gasteiger partial charge in [-0.05, 0) is 44.4 Å². The first-order valence-corrected chi connectivity index (χ1v) is 15.0. The predicted molar refractivity (Wildman–Crippen MR) is 162 cm³/mol. The molecule has 3 aromatic rings. The molecule has 1 aliphatic heterocycles. The Hall–Kier alpha value is -3.29. The summed E-state index contributed by atoms with van der Waals surface area (Å²) in [5.74, 6) is 0.484. The average Bonchev–Trinajstić information content (AvgIpc) is 3.30. The molecule has 4 rings (SSSR count). The van der Waals surface area contributed by atoms with Crippen molar-refractivity contribution in [3.8, 4) is 0 Å². The molecular weight excluding hydrogens is 520 g/mol. The van der Waals surface area contributed by atoms with Crippen LogP contribution in [0, 0.1) is 0 Å². The maximum atomic E-state index is 13.0. The van der Waals surface area contributed by atoms with Crippen LogP contribution < -0.4 is 5.32 Å². The van der Waals surface area contributed by atoms with E-state index in [1.165, 1.54) is 0 Å². The number of rotatable bonds is 9. The van der Waals surface area contributed by atoms with Gasteiger partial charge < -0.3 is 15.2 Å². The van der Waals surface area contributed by atoms with Crippen molar-refractivity contribution in [1.82, 2.24) is 5.32 Å². The summed E-state index contributed by atoms with van der Waals surface area (Å²) in [6, 6.07) is 30.6. The Morgan fingerprint density at radius 3 is 1.77 bits per heavy atom. The number of carboxylic acid groups (broad SMARTS) is 1. The molecule has 212 valence electrons. The number of amides is 2. The molecule has 0 aromatic heterocycles. The summed E-state index contributed by atoms with van der Waals surface area (Å²) < 4.78 is 4.98. The number of quaternary nitrogens is 1. The summed E-state index contributed by atoms with van der Waals surface area (Å²) in [6.07, 6.45) is 0.326. The Labute approximate surface area is 242 Å². The summed E-state index contributed by atoms with van der Waals surface area (Å²) in [6.45, 7) is 8.33. The topological polar surface area (TPSA) is 75.6 Å². The minimum atomic E-state index is -0.841. The van der Waals surface area contributed by atoms with E-state index in [0.29, 0.717) is 12.3 Å². The highest BCUT2D eigenvalue weighted by atomic mass is 32.2. The predicted octanol–water partition coefficient (Wildman–Crippen LogP) is 7.28. The van der Waals surface area contributed by atoms with Gasteiger partial charge in [-0.15, -0.1) is 11.8 Å². The zero-order valence-electron chi connectivity index (χ0n) is 23.9. The summed E-state index contributed by atoms with van der Waals surface area (Å²) >= 11 is 1.72. The maximum Gasteiger partial charge on any atom is 0.513 e. The van der Waals surface area contributed by atoms with E-state index >= 15 is 0 Å². The molecule has 1 aliphatic rings. The van der Waals surface area contributed by atoms with Crippen LogP contribution in [-0.2, 0) is 9.48 Å². The van der Waals surface area contributed by atoms with E-state index in [1.807, 2.05) is 82.3 Å². The van der Waals surface area contributed by atoms with E-state index < -0.39 is 28.6 Å². The minimum Gasteiger partial charge on any atom is -0.444 e. The highest BCUT2D eigenvalue weighted by Crippen LogP contribution is 2.48. The number of nitrogens with one attached hydrogen (secondary N) is 1. The van der Waals surface area contributed by atoms with E-state index in [1.54, 1.807) is 11.8 Å². The van der Waals surface area contributed by atoms with Gasteiger partial charge in [-0.1, -0.05) is 91.0 Å². The number of ether oxygens (including phenoxy) is 1. The Morgan fingerprint density at radius 1 is 0.925 bits per heavy atom. The Morgan fingerprint density at radius 2 is 1.40 bits per heavy atom. The molecule has 7 heteroatoms. The molecule has 40 heavy (non-hydrogen) atoms. The molecule has 1 saturated heterocycles. The van der Waals surface area contributed by atoms with Crippen LogP contribution in [0.2, 0.25) is 0 Å². The number of hydrogen-bond acceptors (Lipinski definition) is 4. The molecule has 3 aromatic carbocycles. The fourth-order valence-corrected chi connectivity index (χ4v) is 7.32. The van der Waals surface area contributed by atoms with Crippen LogP contribution in [0.1, 0.15) is 57.2 Å². The van der Waals surface area contributed by atoms with Gasteiger partial charge in [0.2, 0.25) is 0 Å². The number of nitrogens with zero attached hydrogens (tertiary/aromatic N) is 1. The first-order chi connectivity index (χ1) is 19.1. The van der Waals surface area contributed by atoms with Crippen molar-refractivity contribution in [2.45, 2.75) is 63.0 Å². The third-order valence-corrected chi connectivity index (χ3v) is 9.42. The van der Waals surface area contributed by atoms with Crippen molar-refractivity contribution >= 4 is 23.9 Å². The van der Waals surface area contributed by atoms with Gasteiger partial charge in [0, 0.05) is 18.6 Å². The van der Waals surface area contributed by atoms with Crippen molar-refractivity contribution in [3.05, 3.63) is 108 Å². The smallest absolute Gasteiger partial charge is 0.444 e. The molecule has 0 spiro atoms. The second kappa shape index (κ2) is 12.5. The monoisotopic (exact) mass is 561 g/mol. The van der Waals surface area contributed by atoms with Crippen molar-refractivity contribution in [2.75, 3.05) is 18.8 Å². The lowest BCUT2D eigenvalue weighted by Crippen LogP contribution is -2.61. The number of carbonyl (C=O) groups is 2. The highest BCUT2D eigenvalue weighted by molar-refractivity contribution is 8.00. The maximum absolute atomic E-state index is 13.0. The first-order valence-electron chi connectivity index (χ1n) is 14.0. The number of benzene rings is 3. The molecule has 1 heterocycles. The van der Waals surface area contributed by atoms with Crippen LogP contribution in [0.15, 0.2) is 91.0 Å². The summed E-state index contributed by atoms with van der Waals surface area (Å²) in [5.41, 5.74) is 2.68. The van der Waals surface area contributed by atoms with Gasteiger partial charge in [-0.25, -0.2) is 9.28 Å². The average molecular weight is 562 g/mol. The van der Waals surface area contributed by atoms with Gasteiger partial charge in [-0.2, -0.15) is 4.79 Å². The lowest BCUT2D eigenvalue weighted by molar-refractivity contribution is -0.868. The molecule has 1 fully saturated rings. The number of carbonyl (C=O) groups excluding carboxylic acids is 1. The fraction of sp³-hybridized carbons (Fsp3) is 0.394. The number of alkyl carbamates (subject to hydrolysis) is 1. The molecule has 0 radical (unpaired) electrons. The zero-order chi connectivity index (χ0) is 28.8. The second-order valence-corrected chi connectivity index (χ2v) is 12.9. The van der Waals surface area contributed by atoms with Gasteiger partial charge in [0.15, 0.2) is 0 Å². The van der Waals surface area contributed by atoms with Crippen LogP contribution in [0.4, 0.5) is 9.59 Å². The fourth-order valence-electron chi connectivity index (χ4n) is 5.77. The molecule has 2 N–H and O–H groups in total. The van der Waals surface area contributed by atoms with E-state index in [0.717, 1.165) is 29.5 Å². The van der Waals surface area contributed by atoms with Gasteiger partial charge in [0.1, 0.15) is 12.1 Å². The van der Waals surface area contributed by atoms with Gasteiger partial charge >= 0.3 is 12.2 Å². The summed E-state index contributed by atoms with van der Waals surface area (Å²) in [7, 11) is 0. The normalized spacial score (nSPS) is 20.1. The van der Waals surface area contributed by atoms with Gasteiger partial charge in [-0.3, -0.25) is 0 Å².